The molecule has 1 aliphatic rings. The minimum absolute atomic E-state index is 0.0101. The zero-order chi connectivity index (χ0) is 18.8. The van der Waals surface area contributed by atoms with Gasteiger partial charge in [0.2, 0.25) is 5.91 Å². The molecular weight excluding hydrogens is 342 g/mol. The summed E-state index contributed by atoms with van der Waals surface area (Å²) in [7, 11) is 2.85. The number of rotatable bonds is 4. The highest BCUT2D eigenvalue weighted by Gasteiger charge is 2.29. The molecule has 138 valence electrons. The second kappa shape index (κ2) is 7.55. The molecule has 1 amide bonds. The molecule has 1 N–H and O–H groups in total. The Morgan fingerprint density at radius 1 is 1.40 bits per heavy atom. The Hall–Kier alpha value is -1.90. The normalized spacial score (nSPS) is 21.3. The predicted octanol–water partition coefficient (Wildman–Crippen LogP) is 0.889. The molecule has 1 fully saturated rings. The number of aromatic nitrogens is 3. The van der Waals surface area contributed by atoms with Gasteiger partial charge in [0.1, 0.15) is 0 Å². The number of nitrogens with zero attached hydrogens (tertiary/aromatic N) is 4. The largest absolute Gasteiger partial charge is 0.346 e. The van der Waals surface area contributed by atoms with Gasteiger partial charge in [-0.2, -0.15) is 10.2 Å². The van der Waals surface area contributed by atoms with Crippen LogP contribution >= 0.6 is 11.8 Å². The lowest BCUT2D eigenvalue weighted by Crippen LogP contribution is -2.39. The molecule has 0 saturated heterocycles. The van der Waals surface area contributed by atoms with Gasteiger partial charge in [-0.15, -0.1) is 0 Å². The molecule has 0 unspecified atom stereocenters. The molecule has 1 aromatic rings. The van der Waals surface area contributed by atoms with E-state index in [0.29, 0.717) is 5.92 Å². The summed E-state index contributed by atoms with van der Waals surface area (Å²) in [6.45, 7) is 6.60. The first kappa shape index (κ1) is 19.4. The molecule has 0 bridgehead atoms. The molecule has 8 nitrogen and oxygen atoms in total. The smallest absolute Gasteiger partial charge is 0.272 e. The first-order valence-corrected chi connectivity index (χ1v) is 9.19. The molecule has 2 rings (SSSR count). The first-order valence-electron chi connectivity index (χ1n) is 8.20. The summed E-state index contributed by atoms with van der Waals surface area (Å²) in [6, 6.07) is 0. The fourth-order valence-corrected chi connectivity index (χ4v) is 4.04. The second-order valence-electron chi connectivity index (χ2n) is 7.43. The summed E-state index contributed by atoms with van der Waals surface area (Å²) in [5, 5.41) is 8.27. The predicted molar refractivity (Wildman–Crippen MR) is 97.8 cm³/mol. The Balaban J connectivity index is 1.97. The molecule has 0 radical (unpaired) electrons. The minimum atomic E-state index is -0.505. The number of amides is 1. The highest BCUT2D eigenvalue weighted by atomic mass is 32.2. The zero-order valence-corrected chi connectivity index (χ0v) is 16.1. The van der Waals surface area contributed by atoms with E-state index < -0.39 is 11.2 Å². The van der Waals surface area contributed by atoms with Crippen molar-refractivity contribution in [1.29, 1.82) is 0 Å². The van der Waals surface area contributed by atoms with Crippen molar-refractivity contribution in [3.63, 3.8) is 0 Å². The van der Waals surface area contributed by atoms with Crippen LogP contribution in [0.15, 0.2) is 19.7 Å². The van der Waals surface area contributed by atoms with Crippen LogP contribution < -0.4 is 16.7 Å². The van der Waals surface area contributed by atoms with E-state index in [-0.39, 0.29) is 22.1 Å². The van der Waals surface area contributed by atoms with E-state index in [1.54, 1.807) is 0 Å². The van der Waals surface area contributed by atoms with Crippen molar-refractivity contribution in [3.8, 4) is 0 Å². The molecule has 1 saturated carbocycles. The number of aryl methyl sites for hydroxylation is 1. The number of nitrogens with one attached hydrogen (secondary N) is 1. The highest BCUT2D eigenvalue weighted by Crippen LogP contribution is 2.36. The van der Waals surface area contributed by atoms with Gasteiger partial charge >= 0.3 is 5.69 Å². The third kappa shape index (κ3) is 5.04. The van der Waals surface area contributed by atoms with Crippen molar-refractivity contribution in [2.75, 3.05) is 5.75 Å². The molecular formula is C16H25N5O3S. The van der Waals surface area contributed by atoms with Crippen molar-refractivity contribution in [2.24, 2.45) is 30.5 Å². The summed E-state index contributed by atoms with van der Waals surface area (Å²) in [6.07, 6.45) is 2.91. The molecule has 1 aromatic heterocycles. The van der Waals surface area contributed by atoms with E-state index in [1.165, 1.54) is 14.1 Å². The van der Waals surface area contributed by atoms with Gasteiger partial charge in [-0.05, 0) is 30.6 Å². The quantitative estimate of drug-likeness (QED) is 0.629. The summed E-state index contributed by atoms with van der Waals surface area (Å²) in [4.78, 5) is 35.6. The van der Waals surface area contributed by atoms with Crippen LogP contribution in [-0.2, 0) is 18.9 Å². The maximum Gasteiger partial charge on any atom is 0.346 e. The molecule has 0 aromatic carbocycles. The molecule has 1 heterocycles. The van der Waals surface area contributed by atoms with Gasteiger partial charge in [-0.25, -0.2) is 14.9 Å². The van der Waals surface area contributed by atoms with Crippen molar-refractivity contribution < 1.29 is 4.79 Å². The average Bonchev–Trinajstić information content (AvgIpc) is 2.51. The Bertz CT molecular complexity index is 809. The Labute approximate surface area is 150 Å². The van der Waals surface area contributed by atoms with Gasteiger partial charge in [0.05, 0.1) is 5.75 Å². The molecule has 1 atom stereocenters. The van der Waals surface area contributed by atoms with Crippen LogP contribution in [0.1, 0.15) is 40.0 Å². The minimum Gasteiger partial charge on any atom is -0.272 e. The van der Waals surface area contributed by atoms with Gasteiger partial charge in [0.15, 0.2) is 5.03 Å². The van der Waals surface area contributed by atoms with E-state index in [9.17, 15) is 14.4 Å². The number of thioether (sulfide) groups is 1. The highest BCUT2D eigenvalue weighted by molar-refractivity contribution is 7.99. The lowest BCUT2D eigenvalue weighted by molar-refractivity contribution is -0.118. The van der Waals surface area contributed by atoms with Crippen LogP contribution in [-0.4, -0.2) is 31.7 Å². The summed E-state index contributed by atoms with van der Waals surface area (Å²) in [5.41, 5.74) is 2.75. The van der Waals surface area contributed by atoms with Crippen LogP contribution in [0.25, 0.3) is 0 Å². The number of carbonyl (C=O) groups is 1. The van der Waals surface area contributed by atoms with E-state index in [4.69, 9.17) is 0 Å². The Kier molecular flexibility index (Phi) is 5.87. The fourth-order valence-electron chi connectivity index (χ4n) is 3.27. The fraction of sp³-hybridized carbons (Fsp3) is 0.688. The van der Waals surface area contributed by atoms with Crippen LogP contribution in [0.2, 0.25) is 0 Å². The lowest BCUT2D eigenvalue weighted by atomic mass is 9.72. The van der Waals surface area contributed by atoms with Crippen LogP contribution in [0, 0.1) is 11.3 Å². The van der Waals surface area contributed by atoms with E-state index in [2.05, 4.69) is 36.4 Å². The van der Waals surface area contributed by atoms with E-state index in [1.807, 2.05) is 0 Å². The molecule has 25 heavy (non-hydrogen) atoms. The van der Waals surface area contributed by atoms with Crippen molar-refractivity contribution in [1.82, 2.24) is 19.8 Å². The number of hydrogen-bond acceptors (Lipinski definition) is 6. The third-order valence-corrected chi connectivity index (χ3v) is 5.07. The second-order valence-corrected chi connectivity index (χ2v) is 8.40. The molecule has 0 aliphatic heterocycles. The van der Waals surface area contributed by atoms with Crippen LogP contribution in [0.3, 0.4) is 0 Å². The Morgan fingerprint density at radius 2 is 2.08 bits per heavy atom. The van der Waals surface area contributed by atoms with Crippen molar-refractivity contribution in [2.45, 2.75) is 45.1 Å². The molecule has 1 aliphatic carbocycles. The maximum atomic E-state index is 12.0. The van der Waals surface area contributed by atoms with Crippen LogP contribution in [0.4, 0.5) is 0 Å². The number of hydrazone groups is 1. The van der Waals surface area contributed by atoms with Crippen molar-refractivity contribution >= 4 is 23.4 Å². The lowest BCUT2D eigenvalue weighted by Gasteiger charge is -2.34. The summed E-state index contributed by atoms with van der Waals surface area (Å²) >= 11 is 0.994. The average molecular weight is 367 g/mol. The zero-order valence-electron chi connectivity index (χ0n) is 15.3. The van der Waals surface area contributed by atoms with Gasteiger partial charge in [0.25, 0.3) is 5.56 Å². The third-order valence-electron chi connectivity index (χ3n) is 4.14. The van der Waals surface area contributed by atoms with Gasteiger partial charge in [-0.1, -0.05) is 32.5 Å². The van der Waals surface area contributed by atoms with Gasteiger partial charge in [0, 0.05) is 19.8 Å². The van der Waals surface area contributed by atoms with E-state index >= 15 is 0 Å². The summed E-state index contributed by atoms with van der Waals surface area (Å²) in [5.74, 6) is 0.258. The molecule has 0 spiro atoms. The topological polar surface area (TPSA) is 98.3 Å². The number of hydrogen-bond donors (Lipinski definition) is 1. The SMILES string of the molecule is C[C@@H]1C/C(=N/NC(=O)CSc2nn(C)c(=O)n(C)c2=O)CC(C)(C)C1. The van der Waals surface area contributed by atoms with Gasteiger partial charge in [-0.3, -0.25) is 14.2 Å². The maximum absolute atomic E-state index is 12.0. The standard InChI is InChI=1S/C16H25N5O3S/c1-10-6-11(8-16(2,3)7-10)17-18-12(22)9-25-13-14(23)20(4)15(24)21(5)19-13/h10H,6-9H2,1-5H3,(H,18,22)/b17-11-/t10-/m1/s1. The van der Waals surface area contributed by atoms with Gasteiger partial charge < -0.3 is 0 Å². The number of carbonyl (C=O) groups excluding carboxylic acids is 1. The van der Waals surface area contributed by atoms with Crippen molar-refractivity contribution in [3.05, 3.63) is 20.8 Å². The first-order chi connectivity index (χ1) is 11.6. The summed E-state index contributed by atoms with van der Waals surface area (Å²) < 4.78 is 2.05. The monoisotopic (exact) mass is 367 g/mol. The Morgan fingerprint density at radius 3 is 2.72 bits per heavy atom. The molecule has 9 heteroatoms. The van der Waals surface area contributed by atoms with E-state index in [0.717, 1.165) is 46.0 Å². The van der Waals surface area contributed by atoms with Crippen LogP contribution in [0.5, 0.6) is 0 Å².